The van der Waals surface area contributed by atoms with Gasteiger partial charge in [0.15, 0.2) is 11.6 Å². The molecule has 2 N–H and O–H groups in total. The highest BCUT2D eigenvalue weighted by atomic mass is 15.5. The molecule has 8 nitrogen and oxygen atoms in total. The average Bonchev–Trinajstić information content (AvgIpc) is 3.21. The number of rotatable bonds is 4. The van der Waals surface area contributed by atoms with Gasteiger partial charge >= 0.3 is 0 Å². The zero-order valence-electron chi connectivity index (χ0n) is 17.5. The molecule has 0 spiro atoms. The van der Waals surface area contributed by atoms with Crippen molar-refractivity contribution in [3.63, 3.8) is 0 Å². The van der Waals surface area contributed by atoms with Crippen molar-refractivity contribution in [2.45, 2.75) is 6.17 Å². The predicted molar refractivity (Wildman–Crippen MR) is 125 cm³/mol. The van der Waals surface area contributed by atoms with E-state index in [1.54, 1.807) is 6.21 Å². The Hall–Kier alpha value is -3.36. The van der Waals surface area contributed by atoms with Crippen molar-refractivity contribution in [3.05, 3.63) is 59.9 Å². The second-order valence-corrected chi connectivity index (χ2v) is 7.90. The number of anilines is 1. The maximum Gasteiger partial charge on any atom is 0.160 e. The average molecular weight is 415 g/mol. The van der Waals surface area contributed by atoms with Crippen LogP contribution in [-0.4, -0.2) is 66.3 Å². The number of dihydropyridines is 1. The summed E-state index contributed by atoms with van der Waals surface area (Å²) in [7, 11) is 2.15. The van der Waals surface area contributed by atoms with Crippen LogP contribution in [0.25, 0.3) is 12.2 Å². The zero-order valence-corrected chi connectivity index (χ0v) is 17.5. The molecule has 4 heterocycles. The number of hydrazine groups is 1. The van der Waals surface area contributed by atoms with Gasteiger partial charge in [-0.2, -0.15) is 0 Å². The quantitative estimate of drug-likeness (QED) is 0.798. The van der Waals surface area contributed by atoms with Crippen molar-refractivity contribution in [2.24, 2.45) is 15.9 Å². The Labute approximate surface area is 182 Å². The highest BCUT2D eigenvalue weighted by Gasteiger charge is 2.31. The Kier molecular flexibility index (Phi) is 5.56. The molecule has 0 radical (unpaired) electrons. The lowest BCUT2D eigenvalue weighted by Crippen LogP contribution is -2.44. The number of allylic oxidation sites excluding steroid dienone is 1. The Balaban J connectivity index is 1.47. The van der Waals surface area contributed by atoms with Crippen LogP contribution in [0.3, 0.4) is 0 Å². The molecule has 2 atom stereocenters. The number of fused-ring (bicyclic) bond motifs is 1. The van der Waals surface area contributed by atoms with Gasteiger partial charge in [0, 0.05) is 38.5 Å². The van der Waals surface area contributed by atoms with Crippen LogP contribution < -0.4 is 15.8 Å². The fourth-order valence-electron chi connectivity index (χ4n) is 3.84. The summed E-state index contributed by atoms with van der Waals surface area (Å²) in [5, 5.41) is 0. The summed E-state index contributed by atoms with van der Waals surface area (Å²) < 4.78 is 0. The normalized spacial score (nSPS) is 24.7. The van der Waals surface area contributed by atoms with Crippen molar-refractivity contribution in [1.29, 1.82) is 0 Å². The number of hydrogen-bond acceptors (Lipinski definition) is 7. The molecule has 158 valence electrons. The number of hydrogen-bond donors (Lipinski definition) is 2. The highest BCUT2D eigenvalue weighted by Crippen LogP contribution is 2.23. The van der Waals surface area contributed by atoms with Gasteiger partial charge in [-0.15, -0.1) is 0 Å². The van der Waals surface area contributed by atoms with Gasteiger partial charge in [-0.1, -0.05) is 42.5 Å². The summed E-state index contributed by atoms with van der Waals surface area (Å²) >= 11 is 0. The van der Waals surface area contributed by atoms with E-state index >= 15 is 0 Å². The first-order valence-corrected chi connectivity index (χ1v) is 10.6. The fourth-order valence-corrected chi connectivity index (χ4v) is 3.84. The first kappa shape index (κ1) is 19.6. The highest BCUT2D eigenvalue weighted by molar-refractivity contribution is 5.92. The van der Waals surface area contributed by atoms with E-state index in [9.17, 15) is 0 Å². The van der Waals surface area contributed by atoms with Crippen molar-refractivity contribution >= 4 is 35.8 Å². The molecule has 0 amide bonds. The molecule has 2 unspecified atom stereocenters. The first-order valence-electron chi connectivity index (χ1n) is 10.6. The van der Waals surface area contributed by atoms with Crippen LogP contribution >= 0.6 is 0 Å². The lowest BCUT2D eigenvalue weighted by atomic mass is 10.1. The van der Waals surface area contributed by atoms with Gasteiger partial charge in [-0.3, -0.25) is 4.99 Å². The minimum Gasteiger partial charge on any atom is -0.354 e. The van der Waals surface area contributed by atoms with Gasteiger partial charge in [0.1, 0.15) is 17.8 Å². The van der Waals surface area contributed by atoms with Gasteiger partial charge in [-0.25, -0.2) is 20.4 Å². The number of aromatic nitrogens is 2. The van der Waals surface area contributed by atoms with Crippen LogP contribution in [0.15, 0.2) is 58.5 Å². The maximum absolute atomic E-state index is 4.82. The number of amidine groups is 1. The summed E-state index contributed by atoms with van der Waals surface area (Å²) in [6.45, 7) is 3.91. The molecule has 5 rings (SSSR count). The van der Waals surface area contributed by atoms with E-state index in [2.05, 4.69) is 50.9 Å². The Bertz CT molecular complexity index is 1030. The third-order valence-corrected chi connectivity index (χ3v) is 5.66. The number of nitrogens with one attached hydrogen (secondary N) is 2. The molecule has 31 heavy (non-hydrogen) atoms. The summed E-state index contributed by atoms with van der Waals surface area (Å²) in [6, 6.07) is 12.2. The summed E-state index contributed by atoms with van der Waals surface area (Å²) in [5.74, 6) is 3.10. The standard InChI is InChI=1S/C23H26N8/c1-30-12-14-31(15-13-30)21-16-20(27-23-18-8-5-11-24-22(18)28-29-23)25-19(26-21)10-9-17-6-3-2-4-7-17/h2-11,16,18,22,28H,12-15H2,1H3,(H,25,26,27,29)/b10-9+. The predicted octanol–water partition coefficient (Wildman–Crippen LogP) is 2.12. The van der Waals surface area contributed by atoms with E-state index in [1.807, 2.05) is 42.5 Å². The van der Waals surface area contributed by atoms with Gasteiger partial charge in [0.05, 0.1) is 5.92 Å². The fraction of sp³-hybridized carbons (Fsp3) is 0.304. The molecule has 3 aliphatic rings. The van der Waals surface area contributed by atoms with E-state index < -0.39 is 0 Å². The van der Waals surface area contributed by atoms with E-state index in [4.69, 9.17) is 15.0 Å². The minimum atomic E-state index is -0.0277. The molecule has 2 fully saturated rings. The van der Waals surface area contributed by atoms with Crippen molar-refractivity contribution < 1.29 is 0 Å². The number of piperazine rings is 1. The molecular formula is C23H26N8. The van der Waals surface area contributed by atoms with Crippen LogP contribution in [0.4, 0.5) is 11.6 Å². The monoisotopic (exact) mass is 414 g/mol. The largest absolute Gasteiger partial charge is 0.354 e. The molecule has 2 saturated heterocycles. The molecule has 0 aliphatic carbocycles. The van der Waals surface area contributed by atoms with E-state index in [1.165, 1.54) is 0 Å². The van der Waals surface area contributed by atoms with Crippen LogP contribution in [0.2, 0.25) is 0 Å². The molecule has 0 bridgehead atoms. The smallest absolute Gasteiger partial charge is 0.160 e. The van der Waals surface area contributed by atoms with Crippen molar-refractivity contribution in [3.8, 4) is 0 Å². The van der Waals surface area contributed by atoms with Crippen LogP contribution in [-0.2, 0) is 0 Å². The second-order valence-electron chi connectivity index (χ2n) is 7.90. The zero-order chi connectivity index (χ0) is 21.0. The van der Waals surface area contributed by atoms with E-state index in [-0.39, 0.29) is 12.1 Å². The van der Waals surface area contributed by atoms with Crippen LogP contribution in [0.5, 0.6) is 0 Å². The van der Waals surface area contributed by atoms with Crippen LogP contribution in [0, 0.1) is 5.92 Å². The Morgan fingerprint density at radius 2 is 1.90 bits per heavy atom. The molecule has 0 saturated carbocycles. The van der Waals surface area contributed by atoms with Gasteiger partial charge < -0.3 is 15.2 Å². The molecular weight excluding hydrogens is 388 g/mol. The number of nitrogens with zero attached hydrogens (tertiary/aromatic N) is 6. The topological polar surface area (TPSA) is 81.0 Å². The Morgan fingerprint density at radius 3 is 2.74 bits per heavy atom. The SMILES string of the molecule is CN1CCN(c2cc(N=C3NNC4N=CC=CC34)nc(/C=C/c3ccccc3)n2)CC1. The van der Waals surface area contributed by atoms with E-state index in [0.717, 1.165) is 43.4 Å². The molecule has 2 aromatic rings. The van der Waals surface area contributed by atoms with Gasteiger partial charge in [0.25, 0.3) is 0 Å². The van der Waals surface area contributed by atoms with E-state index in [0.29, 0.717) is 11.6 Å². The third kappa shape index (κ3) is 4.55. The van der Waals surface area contributed by atoms with Gasteiger partial charge in [-0.05, 0) is 24.8 Å². The van der Waals surface area contributed by atoms with Gasteiger partial charge in [0.2, 0.25) is 0 Å². The molecule has 8 heteroatoms. The summed E-state index contributed by atoms with van der Waals surface area (Å²) in [4.78, 5) is 23.4. The maximum atomic E-state index is 4.82. The molecule has 1 aromatic carbocycles. The Morgan fingerprint density at radius 1 is 1.06 bits per heavy atom. The van der Waals surface area contributed by atoms with Crippen molar-refractivity contribution in [1.82, 2.24) is 25.7 Å². The summed E-state index contributed by atoms with van der Waals surface area (Å²) in [6.07, 6.45) is 9.81. The van der Waals surface area contributed by atoms with Crippen LogP contribution in [0.1, 0.15) is 11.4 Å². The molecule has 3 aliphatic heterocycles. The number of likely N-dealkylation sites (N-methyl/N-ethyl adjacent to an activating group) is 1. The summed E-state index contributed by atoms with van der Waals surface area (Å²) in [5.41, 5.74) is 7.45. The molecule has 1 aromatic heterocycles. The van der Waals surface area contributed by atoms with Crippen molar-refractivity contribution in [2.75, 3.05) is 38.1 Å². The minimum absolute atomic E-state index is 0.0277. The number of benzene rings is 1. The lowest BCUT2D eigenvalue weighted by Gasteiger charge is -2.33. The first-order chi connectivity index (χ1) is 15.2. The lowest BCUT2D eigenvalue weighted by molar-refractivity contribution is 0.312. The third-order valence-electron chi connectivity index (χ3n) is 5.66. The second kappa shape index (κ2) is 8.79. The number of aliphatic imine (C=N–C) groups is 2.